The number of methoxy groups -OCH3 is 1. The summed E-state index contributed by atoms with van der Waals surface area (Å²) in [6.07, 6.45) is 1.35. The molecule has 7 nitrogen and oxygen atoms in total. The molecule has 0 atom stereocenters. The number of nitrogens with zero attached hydrogens (tertiary/aromatic N) is 2. The van der Waals surface area contributed by atoms with E-state index in [1.165, 1.54) is 13.2 Å². The van der Waals surface area contributed by atoms with Gasteiger partial charge < -0.3 is 18.7 Å². The molecule has 0 unspecified atom stereocenters. The fraction of sp³-hybridized carbons (Fsp3) is 0.0455. The number of furan rings is 1. The Morgan fingerprint density at radius 2 is 1.88 bits per heavy atom. The molecule has 11 heteroatoms. The minimum absolute atomic E-state index is 0.0188. The normalized spacial score (nSPS) is 11.6. The second-order valence-electron chi connectivity index (χ2n) is 6.44. The fourth-order valence-electron chi connectivity index (χ4n) is 2.83. The first-order valence-corrected chi connectivity index (χ1v) is 11.1. The molecule has 2 aromatic carbocycles. The van der Waals surface area contributed by atoms with Crippen LogP contribution in [-0.2, 0) is 4.79 Å². The first-order chi connectivity index (χ1) is 15.9. The molecular formula is C22H13Cl3N2O5S. The lowest BCUT2D eigenvalue weighted by Gasteiger charge is -2.04. The van der Waals surface area contributed by atoms with Gasteiger partial charge in [0.1, 0.15) is 22.2 Å². The van der Waals surface area contributed by atoms with Crippen LogP contribution in [0.2, 0.25) is 15.1 Å². The van der Waals surface area contributed by atoms with Crippen molar-refractivity contribution in [2.75, 3.05) is 7.11 Å². The lowest BCUT2D eigenvalue weighted by Crippen LogP contribution is -1.96. The number of rotatable bonds is 7. The van der Waals surface area contributed by atoms with Crippen LogP contribution in [0.15, 0.2) is 67.5 Å². The molecule has 2 aromatic heterocycles. The zero-order valence-corrected chi connectivity index (χ0v) is 19.8. The number of hydrogen-bond acceptors (Lipinski definition) is 7. The van der Waals surface area contributed by atoms with Crippen LogP contribution >= 0.6 is 46.6 Å². The van der Waals surface area contributed by atoms with Crippen LogP contribution < -0.4 is 4.74 Å². The van der Waals surface area contributed by atoms with E-state index < -0.39 is 5.97 Å². The van der Waals surface area contributed by atoms with Crippen LogP contribution in [0.4, 0.5) is 0 Å². The summed E-state index contributed by atoms with van der Waals surface area (Å²) in [5, 5.41) is 18.7. The minimum atomic E-state index is -1.20. The molecule has 2 heterocycles. The highest BCUT2D eigenvalue weighted by Crippen LogP contribution is 2.37. The summed E-state index contributed by atoms with van der Waals surface area (Å²) in [5.41, 5.74) is 1.07. The van der Waals surface area contributed by atoms with Crippen LogP contribution in [-0.4, -0.2) is 28.4 Å². The summed E-state index contributed by atoms with van der Waals surface area (Å²) >= 11 is 19.1. The Morgan fingerprint density at radius 1 is 1.06 bits per heavy atom. The summed E-state index contributed by atoms with van der Waals surface area (Å²) in [7, 11) is 1.50. The van der Waals surface area contributed by atoms with E-state index in [-0.39, 0.29) is 16.0 Å². The first-order valence-electron chi connectivity index (χ1n) is 9.20. The SMILES string of the molecule is COc1ccc(Cl)cc1-c1nnc(S/C(=C\c2ccc(-c3cccc(Cl)c3Cl)o2)C(=O)O)o1. The van der Waals surface area contributed by atoms with Crippen LogP contribution in [0, 0.1) is 0 Å². The van der Waals surface area contributed by atoms with E-state index in [0.717, 1.165) is 11.8 Å². The number of carboxylic acids is 1. The number of aromatic nitrogens is 2. The lowest BCUT2D eigenvalue weighted by molar-refractivity contribution is -0.131. The van der Waals surface area contributed by atoms with Gasteiger partial charge >= 0.3 is 5.97 Å². The first kappa shape index (κ1) is 23.3. The van der Waals surface area contributed by atoms with Gasteiger partial charge in [0.2, 0.25) is 0 Å². The molecule has 4 aromatic rings. The van der Waals surface area contributed by atoms with Gasteiger partial charge in [-0.05, 0) is 54.2 Å². The van der Waals surface area contributed by atoms with Crippen molar-refractivity contribution < 1.29 is 23.5 Å². The fourth-order valence-corrected chi connectivity index (χ4v) is 4.05. The van der Waals surface area contributed by atoms with Gasteiger partial charge in [-0.1, -0.05) is 40.9 Å². The van der Waals surface area contributed by atoms with Crippen molar-refractivity contribution >= 4 is 58.6 Å². The summed E-state index contributed by atoms with van der Waals surface area (Å²) in [4.78, 5) is 11.7. The number of carbonyl (C=O) groups is 1. The number of halogens is 3. The Hall–Kier alpha value is -2.91. The Kier molecular flexibility index (Phi) is 6.99. The average molecular weight is 524 g/mol. The average Bonchev–Trinajstić information content (AvgIpc) is 3.45. The quantitative estimate of drug-likeness (QED) is 0.201. The summed E-state index contributed by atoms with van der Waals surface area (Å²) < 4.78 is 16.7. The van der Waals surface area contributed by atoms with E-state index in [1.807, 2.05) is 0 Å². The smallest absolute Gasteiger partial charge is 0.342 e. The number of benzene rings is 2. The third-order valence-electron chi connectivity index (χ3n) is 4.32. The Bertz CT molecular complexity index is 1370. The van der Waals surface area contributed by atoms with Crippen molar-refractivity contribution in [1.82, 2.24) is 10.2 Å². The zero-order chi connectivity index (χ0) is 23.5. The van der Waals surface area contributed by atoms with E-state index >= 15 is 0 Å². The third-order valence-corrected chi connectivity index (χ3v) is 6.23. The molecule has 0 radical (unpaired) electrons. The van der Waals surface area contributed by atoms with Crippen molar-refractivity contribution in [3.63, 3.8) is 0 Å². The molecule has 0 saturated carbocycles. The highest BCUT2D eigenvalue weighted by Gasteiger charge is 2.19. The summed E-state index contributed by atoms with van der Waals surface area (Å²) in [6, 6.07) is 13.4. The van der Waals surface area contributed by atoms with E-state index in [2.05, 4.69) is 10.2 Å². The molecule has 0 aliphatic heterocycles. The van der Waals surface area contributed by atoms with E-state index in [1.54, 1.807) is 48.5 Å². The second-order valence-corrected chi connectivity index (χ2v) is 8.65. The van der Waals surface area contributed by atoms with Gasteiger partial charge in [-0.3, -0.25) is 0 Å². The third kappa shape index (κ3) is 5.20. The van der Waals surface area contributed by atoms with E-state index in [0.29, 0.717) is 43.5 Å². The number of hydrogen-bond donors (Lipinski definition) is 1. The van der Waals surface area contributed by atoms with Crippen LogP contribution in [0.1, 0.15) is 5.76 Å². The highest BCUT2D eigenvalue weighted by molar-refractivity contribution is 8.03. The Morgan fingerprint density at radius 3 is 2.64 bits per heavy atom. The van der Waals surface area contributed by atoms with Crippen LogP contribution in [0.3, 0.4) is 0 Å². The Balaban J connectivity index is 1.60. The molecule has 0 aliphatic rings. The predicted octanol–water partition coefficient (Wildman–Crippen LogP) is 7.18. The van der Waals surface area contributed by atoms with Crippen LogP contribution in [0.25, 0.3) is 28.9 Å². The van der Waals surface area contributed by atoms with Crippen molar-refractivity contribution in [3.05, 3.63) is 74.3 Å². The van der Waals surface area contributed by atoms with Crippen molar-refractivity contribution in [1.29, 1.82) is 0 Å². The van der Waals surface area contributed by atoms with E-state index in [4.69, 9.17) is 48.4 Å². The maximum atomic E-state index is 11.8. The molecule has 4 rings (SSSR count). The maximum Gasteiger partial charge on any atom is 0.342 e. The number of ether oxygens (including phenoxy) is 1. The molecule has 0 amide bonds. The van der Waals surface area contributed by atoms with E-state index in [9.17, 15) is 9.90 Å². The van der Waals surface area contributed by atoms with Crippen LogP contribution in [0.5, 0.6) is 5.75 Å². The van der Waals surface area contributed by atoms with Gasteiger partial charge in [-0.15, -0.1) is 10.2 Å². The van der Waals surface area contributed by atoms with Gasteiger partial charge in [0.15, 0.2) is 0 Å². The van der Waals surface area contributed by atoms with Gasteiger partial charge in [0.05, 0.1) is 22.7 Å². The number of aliphatic carboxylic acids is 1. The van der Waals surface area contributed by atoms with Crippen molar-refractivity contribution in [2.45, 2.75) is 5.22 Å². The highest BCUT2D eigenvalue weighted by atomic mass is 35.5. The molecule has 0 spiro atoms. The number of carboxylic acid groups (broad SMARTS) is 1. The van der Waals surface area contributed by atoms with Gasteiger partial charge in [-0.25, -0.2) is 4.79 Å². The summed E-state index contributed by atoms with van der Waals surface area (Å²) in [5.74, 6) is 0.159. The standard InChI is InChI=1S/C22H13Cl3N2O5S/c1-30-16-7-5-11(23)9-14(16)20-26-27-22(32-20)33-18(21(28)29)10-12-6-8-17(31-12)13-3-2-4-15(24)19(13)25/h2-10H,1H3,(H,28,29)/b18-10-. The van der Waals surface area contributed by atoms with Gasteiger partial charge in [0, 0.05) is 16.7 Å². The monoisotopic (exact) mass is 522 g/mol. The zero-order valence-electron chi connectivity index (χ0n) is 16.7. The molecule has 168 valence electrons. The molecule has 0 bridgehead atoms. The Labute approximate surface area is 206 Å². The molecular weight excluding hydrogens is 511 g/mol. The number of thioether (sulfide) groups is 1. The molecule has 0 saturated heterocycles. The van der Waals surface area contributed by atoms with Gasteiger partial charge in [-0.2, -0.15) is 0 Å². The van der Waals surface area contributed by atoms with Gasteiger partial charge in [0.25, 0.3) is 11.1 Å². The lowest BCUT2D eigenvalue weighted by atomic mass is 10.2. The molecule has 33 heavy (non-hydrogen) atoms. The predicted molar refractivity (Wildman–Crippen MR) is 127 cm³/mol. The molecule has 1 N–H and O–H groups in total. The molecule has 0 fully saturated rings. The molecule has 0 aliphatic carbocycles. The van der Waals surface area contributed by atoms with Crippen molar-refractivity contribution in [2.24, 2.45) is 0 Å². The largest absolute Gasteiger partial charge is 0.496 e. The maximum absolute atomic E-state index is 11.8. The van der Waals surface area contributed by atoms with Crippen molar-refractivity contribution in [3.8, 4) is 28.5 Å². The second kappa shape index (κ2) is 9.93. The topological polar surface area (TPSA) is 98.6 Å². The summed E-state index contributed by atoms with van der Waals surface area (Å²) in [6.45, 7) is 0. The minimum Gasteiger partial charge on any atom is -0.496 e.